The molecule has 1 unspecified atom stereocenters. The lowest BCUT2D eigenvalue weighted by Gasteiger charge is -2.26. The summed E-state index contributed by atoms with van der Waals surface area (Å²) in [6, 6.07) is 19.1. The van der Waals surface area contributed by atoms with E-state index in [4.69, 9.17) is 11.6 Å². The van der Waals surface area contributed by atoms with Crippen LogP contribution in [0.4, 0.5) is 5.69 Å². The van der Waals surface area contributed by atoms with Crippen LogP contribution in [0.1, 0.15) is 23.6 Å². The maximum Gasteiger partial charge on any atom is 0.294 e. The molecular weight excluding hydrogens is 400 g/mol. The smallest absolute Gasteiger partial charge is 0.294 e. The Morgan fingerprint density at radius 3 is 2.43 bits per heavy atom. The van der Waals surface area contributed by atoms with E-state index in [9.17, 15) is 14.7 Å². The van der Waals surface area contributed by atoms with Crippen molar-refractivity contribution in [3.8, 4) is 0 Å². The number of carbonyl (C=O) groups is 2. The molecule has 30 heavy (non-hydrogen) atoms. The fraction of sp³-hybridized carbons (Fsp3) is 0.125. The number of rotatable bonds is 6. The van der Waals surface area contributed by atoms with Gasteiger partial charge in [0, 0.05) is 29.5 Å². The van der Waals surface area contributed by atoms with E-state index in [0.717, 1.165) is 5.56 Å². The monoisotopic (exact) mass is 418 g/mol. The number of pyridine rings is 1. The Bertz CT molecular complexity index is 1100. The van der Waals surface area contributed by atoms with Gasteiger partial charge in [0.1, 0.15) is 0 Å². The molecule has 2 aromatic carbocycles. The summed E-state index contributed by atoms with van der Waals surface area (Å²) < 4.78 is 0. The van der Waals surface area contributed by atoms with E-state index in [1.807, 2.05) is 30.3 Å². The Morgan fingerprint density at radius 1 is 1.03 bits per heavy atom. The van der Waals surface area contributed by atoms with E-state index >= 15 is 0 Å². The molecule has 6 heteroatoms. The van der Waals surface area contributed by atoms with Crippen LogP contribution in [0.5, 0.6) is 0 Å². The van der Waals surface area contributed by atoms with Crippen molar-refractivity contribution in [2.45, 2.75) is 18.9 Å². The molecule has 3 aromatic rings. The van der Waals surface area contributed by atoms with Gasteiger partial charge in [-0.15, -0.1) is 0 Å². The molecule has 1 amide bonds. The van der Waals surface area contributed by atoms with Crippen LogP contribution in [0.3, 0.4) is 0 Å². The van der Waals surface area contributed by atoms with Crippen LogP contribution in [0.25, 0.3) is 0 Å². The average Bonchev–Trinajstić information content (AvgIpc) is 3.05. The first-order chi connectivity index (χ1) is 14.6. The third kappa shape index (κ3) is 3.84. The van der Waals surface area contributed by atoms with Gasteiger partial charge in [-0.2, -0.15) is 0 Å². The lowest BCUT2D eigenvalue weighted by Crippen LogP contribution is -2.31. The average molecular weight is 419 g/mol. The van der Waals surface area contributed by atoms with Gasteiger partial charge in [0.15, 0.2) is 11.5 Å². The first-order valence-corrected chi connectivity index (χ1v) is 9.93. The number of anilines is 1. The molecule has 1 aliphatic rings. The number of benzene rings is 2. The molecule has 1 aromatic heterocycles. The molecule has 1 atom stereocenters. The van der Waals surface area contributed by atoms with E-state index in [1.165, 1.54) is 4.90 Å². The van der Waals surface area contributed by atoms with Gasteiger partial charge in [0.25, 0.3) is 5.91 Å². The van der Waals surface area contributed by atoms with Crippen molar-refractivity contribution in [1.29, 1.82) is 0 Å². The summed E-state index contributed by atoms with van der Waals surface area (Å²) >= 11 is 5.99. The fourth-order valence-corrected chi connectivity index (χ4v) is 3.77. The van der Waals surface area contributed by atoms with Crippen LogP contribution in [0.2, 0.25) is 5.02 Å². The number of amides is 1. The number of aliphatic hydroxyl groups is 1. The summed E-state index contributed by atoms with van der Waals surface area (Å²) in [7, 11) is 0. The van der Waals surface area contributed by atoms with Crippen LogP contribution in [-0.2, 0) is 16.0 Å². The van der Waals surface area contributed by atoms with E-state index in [2.05, 4.69) is 4.98 Å². The predicted octanol–water partition coefficient (Wildman–Crippen LogP) is 4.84. The SMILES string of the molecule is O=C(CCc1ccccc1)C1=C(O)C(=O)N(c2ccc(Cl)cc2)C1c1cccnc1. The zero-order valence-corrected chi connectivity index (χ0v) is 16.8. The van der Waals surface area contributed by atoms with Crippen molar-refractivity contribution in [3.63, 3.8) is 0 Å². The number of ketones is 1. The summed E-state index contributed by atoms with van der Waals surface area (Å²) in [4.78, 5) is 31.7. The van der Waals surface area contributed by atoms with Gasteiger partial charge >= 0.3 is 0 Å². The topological polar surface area (TPSA) is 70.5 Å². The number of aromatic nitrogens is 1. The lowest BCUT2D eigenvalue weighted by atomic mass is 9.94. The molecule has 1 N–H and O–H groups in total. The molecule has 0 saturated carbocycles. The van der Waals surface area contributed by atoms with Gasteiger partial charge in [0.2, 0.25) is 0 Å². The summed E-state index contributed by atoms with van der Waals surface area (Å²) in [5.74, 6) is -1.40. The van der Waals surface area contributed by atoms with Crippen LogP contribution < -0.4 is 4.90 Å². The number of aryl methyl sites for hydroxylation is 1. The van der Waals surface area contributed by atoms with Gasteiger partial charge in [-0.25, -0.2) is 0 Å². The summed E-state index contributed by atoms with van der Waals surface area (Å²) in [5.41, 5.74) is 2.30. The Balaban J connectivity index is 1.70. The van der Waals surface area contributed by atoms with E-state index in [0.29, 0.717) is 22.7 Å². The summed E-state index contributed by atoms with van der Waals surface area (Å²) in [6.07, 6.45) is 3.92. The summed E-state index contributed by atoms with van der Waals surface area (Å²) in [5, 5.41) is 11.2. The minimum absolute atomic E-state index is 0.0962. The lowest BCUT2D eigenvalue weighted by molar-refractivity contribution is -0.118. The highest BCUT2D eigenvalue weighted by molar-refractivity contribution is 6.30. The second-order valence-electron chi connectivity index (χ2n) is 7.01. The third-order valence-corrected chi connectivity index (χ3v) is 5.35. The molecule has 2 heterocycles. The van der Waals surface area contributed by atoms with Gasteiger partial charge in [0.05, 0.1) is 11.6 Å². The molecule has 0 saturated heterocycles. The Morgan fingerprint density at radius 2 is 1.77 bits per heavy atom. The fourth-order valence-electron chi connectivity index (χ4n) is 3.65. The van der Waals surface area contributed by atoms with Crippen LogP contribution >= 0.6 is 11.6 Å². The molecule has 0 aliphatic carbocycles. The van der Waals surface area contributed by atoms with Crippen LogP contribution in [0, 0.1) is 0 Å². The molecule has 1 aliphatic heterocycles. The van der Waals surface area contributed by atoms with Crippen LogP contribution in [-0.4, -0.2) is 21.8 Å². The Hall–Kier alpha value is -3.44. The number of halogens is 1. The largest absolute Gasteiger partial charge is 0.503 e. The third-order valence-electron chi connectivity index (χ3n) is 5.10. The number of nitrogens with zero attached hydrogens (tertiary/aromatic N) is 2. The first kappa shape index (κ1) is 19.9. The number of aliphatic hydroxyl groups excluding tert-OH is 1. The Kier molecular flexibility index (Phi) is 5.63. The molecule has 150 valence electrons. The second kappa shape index (κ2) is 8.51. The predicted molar refractivity (Wildman–Crippen MR) is 115 cm³/mol. The van der Waals surface area contributed by atoms with Crippen molar-refractivity contribution in [3.05, 3.63) is 107 Å². The molecule has 0 fully saturated rings. The van der Waals surface area contributed by atoms with Crippen LogP contribution in [0.15, 0.2) is 90.5 Å². The standard InChI is InChI=1S/C24H19ClN2O3/c25-18-9-11-19(12-10-18)27-22(17-7-4-14-26-15-17)21(23(29)24(27)30)20(28)13-8-16-5-2-1-3-6-16/h1-7,9-12,14-15,22,29H,8,13H2. The maximum atomic E-state index is 13.2. The zero-order chi connectivity index (χ0) is 21.1. The van der Waals surface area contributed by atoms with E-state index < -0.39 is 17.7 Å². The van der Waals surface area contributed by atoms with E-state index in [1.54, 1.807) is 48.8 Å². The number of carbonyl (C=O) groups excluding carboxylic acids is 2. The number of hydrogen-bond acceptors (Lipinski definition) is 4. The number of hydrogen-bond donors (Lipinski definition) is 1. The van der Waals surface area contributed by atoms with Gasteiger partial charge in [-0.05, 0) is 47.9 Å². The minimum atomic E-state index is -0.754. The molecule has 0 spiro atoms. The highest BCUT2D eigenvalue weighted by Crippen LogP contribution is 2.41. The van der Waals surface area contributed by atoms with Crippen molar-refractivity contribution < 1.29 is 14.7 Å². The van der Waals surface area contributed by atoms with Crippen molar-refractivity contribution in [1.82, 2.24) is 4.98 Å². The van der Waals surface area contributed by atoms with Crippen molar-refractivity contribution in [2.75, 3.05) is 4.90 Å². The Labute approximate surface area is 179 Å². The quantitative estimate of drug-likeness (QED) is 0.622. The van der Waals surface area contributed by atoms with Crippen molar-refractivity contribution in [2.24, 2.45) is 0 Å². The zero-order valence-electron chi connectivity index (χ0n) is 16.0. The first-order valence-electron chi connectivity index (χ1n) is 9.55. The number of Topliss-reactive ketones (excluding diaryl/α,β-unsaturated/α-hetero) is 1. The normalized spacial score (nSPS) is 16.2. The molecule has 0 radical (unpaired) electrons. The highest BCUT2D eigenvalue weighted by atomic mass is 35.5. The molecule has 4 rings (SSSR count). The van der Waals surface area contributed by atoms with Gasteiger partial charge < -0.3 is 5.11 Å². The van der Waals surface area contributed by atoms with E-state index in [-0.39, 0.29) is 17.8 Å². The highest BCUT2D eigenvalue weighted by Gasteiger charge is 2.44. The van der Waals surface area contributed by atoms with Gasteiger partial charge in [-0.3, -0.25) is 19.5 Å². The van der Waals surface area contributed by atoms with Crippen molar-refractivity contribution >= 4 is 29.0 Å². The maximum absolute atomic E-state index is 13.2. The van der Waals surface area contributed by atoms with Gasteiger partial charge in [-0.1, -0.05) is 48.0 Å². The molecule has 0 bridgehead atoms. The molecule has 5 nitrogen and oxygen atoms in total. The summed E-state index contributed by atoms with van der Waals surface area (Å²) in [6.45, 7) is 0. The minimum Gasteiger partial charge on any atom is -0.503 e. The second-order valence-corrected chi connectivity index (χ2v) is 7.45. The molecular formula is C24H19ClN2O3.